The number of anilines is 4. The van der Waals surface area contributed by atoms with E-state index in [4.69, 9.17) is 5.73 Å². The van der Waals surface area contributed by atoms with Crippen molar-refractivity contribution in [3.8, 4) is 0 Å². The number of hydrogen-bond donors (Lipinski definition) is 5. The molecule has 0 unspecified atom stereocenters. The van der Waals surface area contributed by atoms with Gasteiger partial charge < -0.3 is 27.0 Å². The van der Waals surface area contributed by atoms with E-state index >= 15 is 0 Å². The Morgan fingerprint density at radius 1 is 1.00 bits per heavy atom. The molecule has 3 amide bonds. The van der Waals surface area contributed by atoms with Crippen LogP contribution in [0, 0.1) is 0 Å². The summed E-state index contributed by atoms with van der Waals surface area (Å²) in [5, 5.41) is 20.2. The number of benzene rings is 1. The molecular weight excluding hydrogens is 408 g/mol. The van der Waals surface area contributed by atoms with Crippen molar-refractivity contribution in [2.24, 2.45) is 5.73 Å². The van der Waals surface area contributed by atoms with Crippen LogP contribution in [-0.4, -0.2) is 55.3 Å². The Hall–Kier alpha value is -3.61. The number of fused-ring (bicyclic) bond motifs is 1. The zero-order valence-corrected chi connectivity index (χ0v) is 17.3. The molecule has 0 radical (unpaired) electrons. The lowest BCUT2D eigenvalue weighted by atomic mass is 10.3. The number of thioether (sulfide) groups is 1. The fourth-order valence-electron chi connectivity index (χ4n) is 2.50. The molecule has 2 heterocycles. The number of primary amides is 1. The van der Waals surface area contributed by atoms with E-state index in [-0.39, 0.29) is 11.7 Å². The number of nitrogens with one attached hydrogen (secondary N) is 4. The Labute approximate surface area is 176 Å². The Morgan fingerprint density at radius 3 is 2.30 bits per heavy atom. The number of carbonyl (C=O) groups excluding carboxylic acids is 2. The molecule has 13 heteroatoms. The van der Waals surface area contributed by atoms with Crippen molar-refractivity contribution in [3.63, 3.8) is 0 Å². The van der Waals surface area contributed by atoms with Gasteiger partial charge in [0.1, 0.15) is 0 Å². The molecule has 2 aromatic heterocycles. The molecule has 0 saturated carbocycles. The van der Waals surface area contributed by atoms with Gasteiger partial charge in [0.15, 0.2) is 5.16 Å². The Morgan fingerprint density at radius 2 is 1.67 bits per heavy atom. The largest absolute Gasteiger partial charge is 0.355 e. The standard InChI is InChI=1S/C17H22N10O2S/c1-3-19-14-23-15(20-4-2)27-16(24-14)25-26-17(27)30-9-12(28)21-10-5-7-11(8-6-10)22-13(18)29/h5-8H,3-4,9H2,1-2H3,(H,21,28)(H3,18,22,29)(H2,19,20,23,24,25). The fourth-order valence-corrected chi connectivity index (χ4v) is 3.23. The summed E-state index contributed by atoms with van der Waals surface area (Å²) in [4.78, 5) is 31.9. The van der Waals surface area contributed by atoms with Crippen LogP contribution in [0.5, 0.6) is 0 Å². The van der Waals surface area contributed by atoms with Crippen LogP contribution < -0.4 is 27.0 Å². The van der Waals surface area contributed by atoms with E-state index in [1.54, 1.807) is 28.7 Å². The Balaban J connectivity index is 1.67. The van der Waals surface area contributed by atoms with Crippen molar-refractivity contribution in [3.05, 3.63) is 24.3 Å². The minimum Gasteiger partial charge on any atom is -0.355 e. The number of hydrogen-bond acceptors (Lipinski definition) is 9. The van der Waals surface area contributed by atoms with Crippen molar-refractivity contribution in [1.82, 2.24) is 24.6 Å². The summed E-state index contributed by atoms with van der Waals surface area (Å²) in [6.45, 7) is 5.24. The first-order valence-corrected chi connectivity index (χ1v) is 10.2. The maximum atomic E-state index is 12.3. The predicted octanol–water partition coefficient (Wildman–Crippen LogP) is 1.60. The van der Waals surface area contributed by atoms with Gasteiger partial charge in [-0.1, -0.05) is 11.8 Å². The molecule has 0 fully saturated rings. The fraction of sp³-hybridized carbons (Fsp3) is 0.294. The number of amides is 3. The van der Waals surface area contributed by atoms with Gasteiger partial charge in [0.2, 0.25) is 17.8 Å². The summed E-state index contributed by atoms with van der Waals surface area (Å²) in [5.41, 5.74) is 6.20. The smallest absolute Gasteiger partial charge is 0.316 e. The normalized spacial score (nSPS) is 10.6. The summed E-state index contributed by atoms with van der Waals surface area (Å²) in [7, 11) is 0. The quantitative estimate of drug-likeness (QED) is 0.317. The van der Waals surface area contributed by atoms with Gasteiger partial charge in [-0.3, -0.25) is 4.79 Å². The zero-order chi connectivity index (χ0) is 21.5. The van der Waals surface area contributed by atoms with E-state index in [0.717, 1.165) is 0 Å². The van der Waals surface area contributed by atoms with Gasteiger partial charge in [0.25, 0.3) is 5.78 Å². The van der Waals surface area contributed by atoms with E-state index in [9.17, 15) is 9.59 Å². The van der Waals surface area contributed by atoms with E-state index in [1.165, 1.54) is 11.8 Å². The highest BCUT2D eigenvalue weighted by Gasteiger charge is 2.16. The third-order valence-electron chi connectivity index (χ3n) is 3.68. The molecule has 0 aliphatic heterocycles. The van der Waals surface area contributed by atoms with Gasteiger partial charge in [0, 0.05) is 24.5 Å². The number of nitrogens with two attached hydrogens (primary N) is 1. The van der Waals surface area contributed by atoms with Gasteiger partial charge >= 0.3 is 6.03 Å². The third kappa shape index (κ3) is 5.26. The molecule has 0 aliphatic carbocycles. The maximum absolute atomic E-state index is 12.3. The SMILES string of the molecule is CCNc1nc(NCC)n2c(SCC(=O)Nc3ccc(NC(N)=O)cc3)nnc2n1. The second-order valence-electron chi connectivity index (χ2n) is 5.95. The molecule has 30 heavy (non-hydrogen) atoms. The zero-order valence-electron chi connectivity index (χ0n) is 16.5. The summed E-state index contributed by atoms with van der Waals surface area (Å²) in [6, 6.07) is 5.96. The first-order valence-electron chi connectivity index (χ1n) is 9.20. The van der Waals surface area contributed by atoms with Crippen molar-refractivity contribution >= 4 is 52.7 Å². The highest BCUT2D eigenvalue weighted by molar-refractivity contribution is 7.99. The average Bonchev–Trinajstić information content (AvgIpc) is 3.11. The van der Waals surface area contributed by atoms with Crippen LogP contribution in [0.3, 0.4) is 0 Å². The van der Waals surface area contributed by atoms with Crippen LogP contribution >= 0.6 is 11.8 Å². The molecule has 12 nitrogen and oxygen atoms in total. The van der Waals surface area contributed by atoms with Gasteiger partial charge in [-0.25, -0.2) is 9.20 Å². The lowest BCUT2D eigenvalue weighted by Gasteiger charge is -2.10. The van der Waals surface area contributed by atoms with E-state index in [0.29, 0.717) is 47.3 Å². The monoisotopic (exact) mass is 430 g/mol. The van der Waals surface area contributed by atoms with Crippen molar-refractivity contribution in [1.29, 1.82) is 0 Å². The maximum Gasteiger partial charge on any atom is 0.316 e. The van der Waals surface area contributed by atoms with Crippen LogP contribution in [0.15, 0.2) is 29.4 Å². The van der Waals surface area contributed by atoms with Crippen LogP contribution in [-0.2, 0) is 4.79 Å². The molecule has 158 valence electrons. The summed E-state index contributed by atoms with van der Waals surface area (Å²) >= 11 is 1.22. The Kier molecular flexibility index (Phi) is 6.85. The molecule has 0 spiro atoms. The van der Waals surface area contributed by atoms with Crippen LogP contribution in [0.2, 0.25) is 0 Å². The predicted molar refractivity (Wildman–Crippen MR) is 116 cm³/mol. The first-order chi connectivity index (χ1) is 14.5. The molecule has 0 atom stereocenters. The van der Waals surface area contributed by atoms with Gasteiger partial charge in [-0.05, 0) is 38.1 Å². The third-order valence-corrected chi connectivity index (χ3v) is 4.61. The molecule has 3 rings (SSSR count). The lowest BCUT2D eigenvalue weighted by molar-refractivity contribution is -0.113. The summed E-state index contributed by atoms with van der Waals surface area (Å²) in [6.07, 6.45) is 0. The minimum atomic E-state index is -0.651. The molecule has 1 aromatic carbocycles. The molecule has 0 saturated heterocycles. The minimum absolute atomic E-state index is 0.114. The molecular formula is C17H22N10O2S. The second-order valence-corrected chi connectivity index (χ2v) is 6.90. The molecule has 6 N–H and O–H groups in total. The number of nitrogens with zero attached hydrogens (tertiary/aromatic N) is 5. The average molecular weight is 430 g/mol. The highest BCUT2D eigenvalue weighted by Crippen LogP contribution is 2.21. The van der Waals surface area contributed by atoms with Gasteiger partial charge in [0.05, 0.1) is 5.75 Å². The van der Waals surface area contributed by atoms with Crippen molar-refractivity contribution in [2.75, 3.05) is 40.1 Å². The van der Waals surface area contributed by atoms with Crippen LogP contribution in [0.25, 0.3) is 5.78 Å². The topological polar surface area (TPSA) is 164 Å². The van der Waals surface area contributed by atoms with E-state index in [1.807, 2.05) is 13.8 Å². The summed E-state index contributed by atoms with van der Waals surface area (Å²) in [5.74, 6) is 1.28. The first kappa shape index (κ1) is 21.1. The van der Waals surface area contributed by atoms with Gasteiger partial charge in [-0.15, -0.1) is 10.2 Å². The Bertz CT molecular complexity index is 1040. The number of aromatic nitrogens is 5. The van der Waals surface area contributed by atoms with Crippen LogP contribution in [0.4, 0.5) is 28.1 Å². The number of urea groups is 1. The second kappa shape index (κ2) is 9.73. The van der Waals surface area contributed by atoms with Crippen molar-refractivity contribution in [2.45, 2.75) is 19.0 Å². The van der Waals surface area contributed by atoms with Crippen molar-refractivity contribution < 1.29 is 9.59 Å². The molecule has 0 aliphatic rings. The van der Waals surface area contributed by atoms with Gasteiger partial charge in [-0.2, -0.15) is 9.97 Å². The highest BCUT2D eigenvalue weighted by atomic mass is 32.2. The molecule has 3 aromatic rings. The summed E-state index contributed by atoms with van der Waals surface area (Å²) < 4.78 is 1.67. The van der Waals surface area contributed by atoms with E-state index < -0.39 is 6.03 Å². The van der Waals surface area contributed by atoms with Crippen LogP contribution in [0.1, 0.15) is 13.8 Å². The number of rotatable bonds is 9. The van der Waals surface area contributed by atoms with E-state index in [2.05, 4.69) is 41.4 Å². The lowest BCUT2D eigenvalue weighted by Crippen LogP contribution is -2.19. The number of carbonyl (C=O) groups is 2. The molecule has 0 bridgehead atoms.